The molecule has 1 aromatic heterocycles. The molecule has 4 rings (SSSR count). The first kappa shape index (κ1) is 25.0. The highest BCUT2D eigenvalue weighted by atomic mass is 35.5. The molecule has 1 unspecified atom stereocenters. The fourth-order valence-electron chi connectivity index (χ4n) is 3.39. The molecule has 1 amide bonds. The Labute approximate surface area is 218 Å². The van der Waals surface area contributed by atoms with E-state index < -0.39 is 12.0 Å². The molecule has 0 bridgehead atoms. The van der Waals surface area contributed by atoms with Crippen molar-refractivity contribution < 1.29 is 13.9 Å². The van der Waals surface area contributed by atoms with E-state index in [4.69, 9.17) is 44.6 Å². The van der Waals surface area contributed by atoms with E-state index in [-0.39, 0.29) is 5.11 Å². The van der Waals surface area contributed by atoms with E-state index >= 15 is 0 Å². The first-order valence-corrected chi connectivity index (χ1v) is 12.2. The number of carbonyl (C=O) groups excluding carboxylic acids is 1. The lowest BCUT2D eigenvalue weighted by atomic mass is 10.1. The Balaban J connectivity index is 1.30. The van der Waals surface area contributed by atoms with Crippen LogP contribution in [-0.2, 0) is 17.6 Å². The number of benzene rings is 3. The van der Waals surface area contributed by atoms with Crippen LogP contribution in [0.25, 0.3) is 11.1 Å². The molecular formula is C26H23Cl2N3O3S. The Morgan fingerprint density at radius 2 is 1.83 bits per heavy atom. The van der Waals surface area contributed by atoms with Crippen LogP contribution in [-0.4, -0.2) is 22.1 Å². The van der Waals surface area contributed by atoms with Crippen LogP contribution < -0.4 is 15.4 Å². The molecule has 4 aromatic rings. The zero-order chi connectivity index (χ0) is 24.9. The normalized spacial score (nSPS) is 11.8. The lowest BCUT2D eigenvalue weighted by Crippen LogP contribution is -2.42. The van der Waals surface area contributed by atoms with Crippen LogP contribution in [0.5, 0.6) is 5.75 Å². The molecule has 1 atom stereocenters. The van der Waals surface area contributed by atoms with Crippen LogP contribution in [0.2, 0.25) is 10.0 Å². The molecule has 0 saturated heterocycles. The summed E-state index contributed by atoms with van der Waals surface area (Å²) in [6.45, 7) is 3.72. The van der Waals surface area contributed by atoms with Crippen molar-refractivity contribution in [2.45, 2.75) is 32.8 Å². The molecule has 0 radical (unpaired) electrons. The molecule has 0 aliphatic rings. The number of amides is 1. The van der Waals surface area contributed by atoms with Crippen molar-refractivity contribution in [1.82, 2.24) is 10.3 Å². The van der Waals surface area contributed by atoms with Gasteiger partial charge in [-0.3, -0.25) is 10.1 Å². The summed E-state index contributed by atoms with van der Waals surface area (Å²) in [6, 6.07) is 18.5. The van der Waals surface area contributed by atoms with Gasteiger partial charge in [0.2, 0.25) is 0 Å². The van der Waals surface area contributed by atoms with Gasteiger partial charge in [-0.15, -0.1) is 0 Å². The van der Waals surface area contributed by atoms with Gasteiger partial charge >= 0.3 is 0 Å². The van der Waals surface area contributed by atoms with Crippen LogP contribution in [0.3, 0.4) is 0 Å². The van der Waals surface area contributed by atoms with Gasteiger partial charge in [0.15, 0.2) is 22.7 Å². The number of oxazole rings is 1. The number of aryl methyl sites for hydroxylation is 1. The van der Waals surface area contributed by atoms with Gasteiger partial charge in [-0.25, -0.2) is 4.98 Å². The summed E-state index contributed by atoms with van der Waals surface area (Å²) >= 11 is 17.3. The van der Waals surface area contributed by atoms with Gasteiger partial charge in [0.1, 0.15) is 11.3 Å². The molecule has 2 N–H and O–H groups in total. The third-order valence-corrected chi connectivity index (χ3v) is 6.01. The van der Waals surface area contributed by atoms with Gasteiger partial charge in [0, 0.05) is 17.1 Å². The summed E-state index contributed by atoms with van der Waals surface area (Å²) in [5, 5.41) is 6.58. The van der Waals surface area contributed by atoms with E-state index in [0.29, 0.717) is 28.1 Å². The SMILES string of the molecule is CCc1ccc2oc(Cc3ccc(NC(=S)NC(=O)C(C)Oc4ccc(Cl)cc4Cl)cc3)nc2c1. The Bertz CT molecular complexity index is 1370. The van der Waals surface area contributed by atoms with Crippen molar-refractivity contribution in [1.29, 1.82) is 0 Å². The minimum atomic E-state index is -0.819. The number of hydrogen-bond acceptors (Lipinski definition) is 5. The number of aromatic nitrogens is 1. The van der Waals surface area contributed by atoms with Gasteiger partial charge in [0.05, 0.1) is 5.02 Å². The van der Waals surface area contributed by atoms with Crippen LogP contribution in [0.15, 0.2) is 65.1 Å². The van der Waals surface area contributed by atoms with Crippen LogP contribution in [0, 0.1) is 0 Å². The van der Waals surface area contributed by atoms with E-state index in [2.05, 4.69) is 34.7 Å². The van der Waals surface area contributed by atoms with Crippen molar-refractivity contribution >= 4 is 63.2 Å². The van der Waals surface area contributed by atoms with Crippen LogP contribution in [0.4, 0.5) is 5.69 Å². The molecule has 0 fully saturated rings. The molecule has 9 heteroatoms. The fourth-order valence-corrected chi connectivity index (χ4v) is 4.06. The van der Waals surface area contributed by atoms with Crippen molar-refractivity contribution in [3.8, 4) is 5.75 Å². The summed E-state index contributed by atoms with van der Waals surface area (Å²) in [6.07, 6.45) is 0.706. The second-order valence-corrected chi connectivity index (χ2v) is 9.17. The Hall–Kier alpha value is -3.13. The third-order valence-electron chi connectivity index (χ3n) is 5.28. The second kappa shape index (κ2) is 11.1. The first-order chi connectivity index (χ1) is 16.8. The van der Waals surface area contributed by atoms with Gasteiger partial charge in [-0.1, -0.05) is 48.3 Å². The Kier molecular flexibility index (Phi) is 7.90. The predicted molar refractivity (Wildman–Crippen MR) is 144 cm³/mol. The van der Waals surface area contributed by atoms with Crippen molar-refractivity contribution in [3.05, 3.63) is 87.7 Å². The number of rotatable bonds is 7. The quantitative estimate of drug-likeness (QED) is 0.265. The minimum Gasteiger partial charge on any atom is -0.479 e. The molecule has 6 nitrogen and oxygen atoms in total. The third kappa shape index (κ3) is 6.51. The number of carbonyl (C=O) groups is 1. The van der Waals surface area contributed by atoms with Gasteiger partial charge in [-0.2, -0.15) is 0 Å². The highest BCUT2D eigenvalue weighted by Crippen LogP contribution is 2.28. The number of ether oxygens (including phenoxy) is 1. The maximum Gasteiger partial charge on any atom is 0.266 e. The van der Waals surface area contributed by atoms with E-state index in [9.17, 15) is 4.79 Å². The molecular weight excluding hydrogens is 505 g/mol. The smallest absolute Gasteiger partial charge is 0.266 e. The molecule has 0 aliphatic carbocycles. The number of thiocarbonyl (C=S) groups is 1. The molecule has 0 aliphatic heterocycles. The van der Waals surface area contributed by atoms with Gasteiger partial charge < -0.3 is 14.5 Å². The predicted octanol–water partition coefficient (Wildman–Crippen LogP) is 6.57. The Morgan fingerprint density at radius 3 is 2.54 bits per heavy atom. The maximum atomic E-state index is 12.4. The minimum absolute atomic E-state index is 0.158. The summed E-state index contributed by atoms with van der Waals surface area (Å²) in [5.74, 6) is 0.608. The molecule has 0 spiro atoms. The fraction of sp³-hybridized carbons (Fsp3) is 0.192. The maximum absolute atomic E-state index is 12.4. The number of nitrogens with zero attached hydrogens (tertiary/aromatic N) is 1. The highest BCUT2D eigenvalue weighted by molar-refractivity contribution is 7.80. The number of fused-ring (bicyclic) bond motifs is 1. The molecule has 3 aromatic carbocycles. The molecule has 180 valence electrons. The van der Waals surface area contributed by atoms with Crippen molar-refractivity contribution in [2.75, 3.05) is 5.32 Å². The van der Waals surface area contributed by atoms with Crippen molar-refractivity contribution in [3.63, 3.8) is 0 Å². The Morgan fingerprint density at radius 1 is 1.09 bits per heavy atom. The van der Waals surface area contributed by atoms with Gasteiger partial charge in [-0.05, 0) is 79.2 Å². The second-order valence-electron chi connectivity index (χ2n) is 7.92. The number of hydrogen-bond donors (Lipinski definition) is 2. The largest absolute Gasteiger partial charge is 0.479 e. The highest BCUT2D eigenvalue weighted by Gasteiger charge is 2.17. The summed E-state index contributed by atoms with van der Waals surface area (Å²) in [7, 11) is 0. The summed E-state index contributed by atoms with van der Waals surface area (Å²) < 4.78 is 11.5. The average molecular weight is 528 g/mol. The van der Waals surface area contributed by atoms with E-state index in [1.807, 2.05) is 30.3 Å². The summed E-state index contributed by atoms with van der Waals surface area (Å²) in [5.41, 5.74) is 4.65. The monoisotopic (exact) mass is 527 g/mol. The zero-order valence-corrected chi connectivity index (χ0v) is 21.4. The number of halogens is 2. The molecule has 0 saturated carbocycles. The number of nitrogens with one attached hydrogen (secondary N) is 2. The van der Waals surface area contributed by atoms with E-state index in [1.165, 1.54) is 5.56 Å². The standard InChI is InChI=1S/C26H23Cl2N3O3S/c1-3-16-6-10-23-21(12-16)30-24(34-23)13-17-4-8-19(9-5-17)29-26(35)31-25(32)15(2)33-22-11-7-18(27)14-20(22)28/h4-12,14-15H,3,13H2,1-2H3,(H2,29,31,32,35). The van der Waals surface area contributed by atoms with E-state index in [1.54, 1.807) is 25.1 Å². The molecule has 1 heterocycles. The van der Waals surface area contributed by atoms with E-state index in [0.717, 1.165) is 28.8 Å². The topological polar surface area (TPSA) is 76.4 Å². The lowest BCUT2D eigenvalue weighted by molar-refractivity contribution is -0.125. The van der Waals surface area contributed by atoms with Crippen LogP contribution in [0.1, 0.15) is 30.9 Å². The van der Waals surface area contributed by atoms with Crippen molar-refractivity contribution in [2.24, 2.45) is 0 Å². The molecule has 35 heavy (non-hydrogen) atoms. The summed E-state index contributed by atoms with van der Waals surface area (Å²) in [4.78, 5) is 17.0. The van der Waals surface area contributed by atoms with Gasteiger partial charge in [0.25, 0.3) is 5.91 Å². The lowest BCUT2D eigenvalue weighted by Gasteiger charge is -2.16. The number of anilines is 1. The first-order valence-electron chi connectivity index (χ1n) is 11.0. The zero-order valence-electron chi connectivity index (χ0n) is 19.1. The van der Waals surface area contributed by atoms with Crippen LogP contribution >= 0.6 is 35.4 Å². The average Bonchev–Trinajstić information content (AvgIpc) is 3.23.